The maximum absolute atomic E-state index is 5.29. The summed E-state index contributed by atoms with van der Waals surface area (Å²) >= 11 is 0. The molecule has 0 aliphatic carbocycles. The van der Waals surface area contributed by atoms with Crippen molar-refractivity contribution in [3.63, 3.8) is 0 Å². The van der Waals surface area contributed by atoms with Crippen LogP contribution in [0.1, 0.15) is 25.6 Å². The molecule has 0 N–H and O–H groups in total. The molecular weight excluding hydrogens is 194 g/mol. The summed E-state index contributed by atoms with van der Waals surface area (Å²) in [6.07, 6.45) is 0. The van der Waals surface area contributed by atoms with Crippen LogP contribution in [0.3, 0.4) is 0 Å². The standard InChI is InChI=1S/C9H17N5O/c1-8(2)9-10-11-12-14(9)7-13-3-5-15-6-4-13/h8H,3-7H2,1-2H3. The zero-order valence-corrected chi connectivity index (χ0v) is 9.26. The van der Waals surface area contributed by atoms with Gasteiger partial charge < -0.3 is 4.74 Å². The van der Waals surface area contributed by atoms with Gasteiger partial charge in [0.05, 0.1) is 19.9 Å². The fourth-order valence-electron chi connectivity index (χ4n) is 1.66. The quantitative estimate of drug-likeness (QED) is 0.709. The van der Waals surface area contributed by atoms with Gasteiger partial charge >= 0.3 is 0 Å². The summed E-state index contributed by atoms with van der Waals surface area (Å²) in [5.74, 6) is 1.31. The molecule has 0 atom stereocenters. The number of rotatable bonds is 3. The normalized spacial score (nSPS) is 18.6. The Labute approximate surface area is 89.2 Å². The number of morpholine rings is 1. The molecule has 2 rings (SSSR count). The van der Waals surface area contributed by atoms with Gasteiger partial charge in [-0.15, -0.1) is 5.10 Å². The van der Waals surface area contributed by atoms with Crippen molar-refractivity contribution < 1.29 is 4.74 Å². The van der Waals surface area contributed by atoms with Crippen LogP contribution in [0.4, 0.5) is 0 Å². The predicted molar refractivity (Wildman–Crippen MR) is 54.3 cm³/mol. The highest BCUT2D eigenvalue weighted by molar-refractivity contribution is 4.88. The molecule has 1 aliphatic rings. The second-order valence-corrected chi connectivity index (χ2v) is 4.06. The van der Waals surface area contributed by atoms with Crippen LogP contribution >= 0.6 is 0 Å². The number of hydrogen-bond donors (Lipinski definition) is 0. The van der Waals surface area contributed by atoms with Gasteiger partial charge in [-0.2, -0.15) is 0 Å². The summed E-state index contributed by atoms with van der Waals surface area (Å²) in [5, 5.41) is 11.7. The molecule has 1 aromatic heterocycles. The van der Waals surface area contributed by atoms with Crippen LogP contribution < -0.4 is 0 Å². The highest BCUT2D eigenvalue weighted by atomic mass is 16.5. The van der Waals surface area contributed by atoms with Crippen molar-refractivity contribution >= 4 is 0 Å². The molecule has 0 amide bonds. The molecule has 6 heteroatoms. The smallest absolute Gasteiger partial charge is 0.155 e. The predicted octanol–water partition coefficient (Wildman–Crippen LogP) is 0.0862. The van der Waals surface area contributed by atoms with Crippen LogP contribution in [0.15, 0.2) is 0 Å². The SMILES string of the molecule is CC(C)c1nnnn1CN1CCOCC1. The highest BCUT2D eigenvalue weighted by Gasteiger charge is 2.15. The molecule has 2 heterocycles. The van der Waals surface area contributed by atoms with Crippen molar-refractivity contribution in [1.82, 2.24) is 25.1 Å². The topological polar surface area (TPSA) is 56.1 Å². The van der Waals surface area contributed by atoms with Crippen molar-refractivity contribution in [2.75, 3.05) is 26.3 Å². The van der Waals surface area contributed by atoms with E-state index in [-0.39, 0.29) is 0 Å². The lowest BCUT2D eigenvalue weighted by molar-refractivity contribution is 0.0203. The number of hydrogen-bond acceptors (Lipinski definition) is 5. The third-order valence-electron chi connectivity index (χ3n) is 2.51. The number of ether oxygens (including phenoxy) is 1. The zero-order valence-electron chi connectivity index (χ0n) is 9.26. The maximum atomic E-state index is 5.29. The molecule has 0 spiro atoms. The first-order valence-electron chi connectivity index (χ1n) is 5.33. The Bertz CT molecular complexity index is 305. The number of nitrogens with zero attached hydrogens (tertiary/aromatic N) is 5. The van der Waals surface area contributed by atoms with Gasteiger partial charge in [-0.25, -0.2) is 4.68 Å². The lowest BCUT2D eigenvalue weighted by Gasteiger charge is -2.26. The molecule has 84 valence electrons. The van der Waals surface area contributed by atoms with Crippen LogP contribution in [-0.2, 0) is 11.4 Å². The minimum Gasteiger partial charge on any atom is -0.379 e. The lowest BCUT2D eigenvalue weighted by atomic mass is 10.2. The summed E-state index contributed by atoms with van der Waals surface area (Å²) in [6, 6.07) is 0. The van der Waals surface area contributed by atoms with E-state index in [4.69, 9.17) is 4.74 Å². The van der Waals surface area contributed by atoms with Crippen LogP contribution in [0.2, 0.25) is 0 Å². The Morgan fingerprint density at radius 2 is 2.07 bits per heavy atom. The van der Waals surface area contributed by atoms with Crippen molar-refractivity contribution in [1.29, 1.82) is 0 Å². The second kappa shape index (κ2) is 4.67. The Kier molecular flexibility index (Phi) is 3.27. The Morgan fingerprint density at radius 1 is 1.33 bits per heavy atom. The van der Waals surface area contributed by atoms with Crippen molar-refractivity contribution in [2.24, 2.45) is 0 Å². The summed E-state index contributed by atoms with van der Waals surface area (Å²) < 4.78 is 7.17. The van der Waals surface area contributed by atoms with Crippen LogP contribution in [0.5, 0.6) is 0 Å². The van der Waals surface area contributed by atoms with E-state index in [1.54, 1.807) is 0 Å². The van der Waals surface area contributed by atoms with E-state index in [2.05, 4.69) is 34.3 Å². The average molecular weight is 211 g/mol. The zero-order chi connectivity index (χ0) is 10.7. The van der Waals surface area contributed by atoms with Crippen molar-refractivity contribution in [3.8, 4) is 0 Å². The fraction of sp³-hybridized carbons (Fsp3) is 0.889. The number of tetrazole rings is 1. The van der Waals surface area contributed by atoms with E-state index in [9.17, 15) is 0 Å². The molecular formula is C9H17N5O. The van der Waals surface area contributed by atoms with Gasteiger partial charge in [0.1, 0.15) is 0 Å². The Morgan fingerprint density at radius 3 is 2.73 bits per heavy atom. The molecule has 0 bridgehead atoms. The van der Waals surface area contributed by atoms with Gasteiger partial charge in [-0.3, -0.25) is 4.90 Å². The second-order valence-electron chi connectivity index (χ2n) is 4.06. The molecule has 1 aromatic rings. The molecule has 0 radical (unpaired) electrons. The van der Waals surface area contributed by atoms with Gasteiger partial charge in [0, 0.05) is 19.0 Å². The van der Waals surface area contributed by atoms with Crippen LogP contribution in [0, 0.1) is 0 Å². The molecule has 1 fully saturated rings. The molecule has 15 heavy (non-hydrogen) atoms. The first-order chi connectivity index (χ1) is 7.27. The van der Waals surface area contributed by atoms with Crippen molar-refractivity contribution in [3.05, 3.63) is 5.82 Å². The van der Waals surface area contributed by atoms with Crippen LogP contribution in [-0.4, -0.2) is 51.4 Å². The summed E-state index contributed by atoms with van der Waals surface area (Å²) in [5.41, 5.74) is 0. The molecule has 6 nitrogen and oxygen atoms in total. The minimum atomic E-state index is 0.362. The third kappa shape index (κ3) is 2.51. The molecule has 0 aromatic carbocycles. The van der Waals surface area contributed by atoms with E-state index in [0.29, 0.717) is 5.92 Å². The first-order valence-corrected chi connectivity index (χ1v) is 5.33. The molecule has 1 saturated heterocycles. The van der Waals surface area contributed by atoms with E-state index >= 15 is 0 Å². The van der Waals surface area contributed by atoms with E-state index in [1.165, 1.54) is 0 Å². The summed E-state index contributed by atoms with van der Waals surface area (Å²) in [7, 11) is 0. The third-order valence-corrected chi connectivity index (χ3v) is 2.51. The van der Waals surface area contributed by atoms with Gasteiger partial charge in [-0.05, 0) is 10.4 Å². The summed E-state index contributed by atoms with van der Waals surface area (Å²) in [6.45, 7) is 8.49. The summed E-state index contributed by atoms with van der Waals surface area (Å²) in [4.78, 5) is 2.30. The molecule has 0 unspecified atom stereocenters. The maximum Gasteiger partial charge on any atom is 0.155 e. The highest BCUT2D eigenvalue weighted by Crippen LogP contribution is 2.10. The Hall–Kier alpha value is -1.01. The molecule has 0 saturated carbocycles. The number of aromatic nitrogens is 4. The van der Waals surface area contributed by atoms with E-state index < -0.39 is 0 Å². The van der Waals surface area contributed by atoms with Crippen molar-refractivity contribution in [2.45, 2.75) is 26.4 Å². The van der Waals surface area contributed by atoms with E-state index in [1.807, 2.05) is 4.68 Å². The van der Waals surface area contributed by atoms with Gasteiger partial charge in [-0.1, -0.05) is 13.8 Å². The van der Waals surface area contributed by atoms with Gasteiger partial charge in [0.15, 0.2) is 5.82 Å². The van der Waals surface area contributed by atoms with Crippen LogP contribution in [0.25, 0.3) is 0 Å². The van der Waals surface area contributed by atoms with Gasteiger partial charge in [0.2, 0.25) is 0 Å². The molecule has 1 aliphatic heterocycles. The first kappa shape index (κ1) is 10.5. The largest absolute Gasteiger partial charge is 0.379 e. The fourth-order valence-corrected chi connectivity index (χ4v) is 1.66. The lowest BCUT2D eigenvalue weighted by Crippen LogP contribution is -2.38. The monoisotopic (exact) mass is 211 g/mol. The minimum absolute atomic E-state index is 0.362. The van der Waals surface area contributed by atoms with E-state index in [0.717, 1.165) is 38.8 Å². The Balaban J connectivity index is 1.99. The average Bonchev–Trinajstić information content (AvgIpc) is 2.67. The van der Waals surface area contributed by atoms with Gasteiger partial charge in [0.25, 0.3) is 0 Å².